The Labute approximate surface area is 257 Å². The van der Waals surface area contributed by atoms with Gasteiger partial charge in [0.25, 0.3) is 5.91 Å². The van der Waals surface area contributed by atoms with Gasteiger partial charge in [0.05, 0.1) is 18.0 Å². The standard InChI is InChI=1S/C32H49N3O7S/c1-5-35(6-2)32(38)28-17-10-9-15-26(28)16-11-14-22-41-21-13-8-7-12-20-33-24-30(37)27-18-19-31(42-25(3)36)29(23-27)34-43(4,39)40/h9-10,15,17-19,23,30,33-34,37H,5-8,11-14,16,20-22,24H2,1-4H3. The van der Waals surface area contributed by atoms with Crippen molar-refractivity contribution in [2.24, 2.45) is 0 Å². The van der Waals surface area contributed by atoms with Gasteiger partial charge in [-0.2, -0.15) is 0 Å². The molecule has 10 nitrogen and oxygen atoms in total. The minimum Gasteiger partial charge on any atom is -0.424 e. The number of anilines is 1. The quantitative estimate of drug-likeness (QED) is 0.104. The van der Waals surface area contributed by atoms with E-state index in [9.17, 15) is 23.1 Å². The van der Waals surface area contributed by atoms with Gasteiger partial charge in [0, 0.05) is 45.3 Å². The number of amides is 1. The molecule has 0 saturated carbocycles. The first kappa shape index (κ1) is 36.2. The third kappa shape index (κ3) is 13.9. The number of rotatable bonds is 21. The lowest BCUT2D eigenvalue weighted by Gasteiger charge is -2.20. The van der Waals surface area contributed by atoms with Crippen molar-refractivity contribution in [3.8, 4) is 5.75 Å². The first-order valence-electron chi connectivity index (χ1n) is 15.2. The highest BCUT2D eigenvalue weighted by atomic mass is 32.2. The van der Waals surface area contributed by atoms with E-state index in [1.807, 2.05) is 43.0 Å². The summed E-state index contributed by atoms with van der Waals surface area (Å²) < 4.78 is 36.6. The molecule has 1 unspecified atom stereocenters. The Morgan fingerprint density at radius 3 is 2.30 bits per heavy atom. The van der Waals surface area contributed by atoms with Gasteiger partial charge < -0.3 is 24.8 Å². The average molecular weight is 620 g/mol. The number of unbranched alkanes of at least 4 members (excludes halogenated alkanes) is 4. The van der Waals surface area contributed by atoms with Gasteiger partial charge in [-0.25, -0.2) is 8.42 Å². The summed E-state index contributed by atoms with van der Waals surface area (Å²) in [5.74, 6) is -0.388. The Morgan fingerprint density at radius 2 is 1.63 bits per heavy atom. The zero-order valence-electron chi connectivity index (χ0n) is 26.1. The average Bonchev–Trinajstić information content (AvgIpc) is 2.96. The largest absolute Gasteiger partial charge is 0.424 e. The summed E-state index contributed by atoms with van der Waals surface area (Å²) in [7, 11) is -3.60. The number of carbonyl (C=O) groups is 2. The van der Waals surface area contributed by atoms with Gasteiger partial charge in [-0.05, 0) is 81.8 Å². The summed E-state index contributed by atoms with van der Waals surface area (Å²) >= 11 is 0. The van der Waals surface area contributed by atoms with Crippen LogP contribution in [-0.2, 0) is 26.0 Å². The smallest absolute Gasteiger partial charge is 0.308 e. The van der Waals surface area contributed by atoms with Crippen molar-refractivity contribution in [3.05, 3.63) is 59.2 Å². The van der Waals surface area contributed by atoms with E-state index in [-0.39, 0.29) is 17.3 Å². The zero-order chi connectivity index (χ0) is 31.7. The van der Waals surface area contributed by atoms with Crippen LogP contribution in [0.5, 0.6) is 5.75 Å². The highest BCUT2D eigenvalue weighted by Gasteiger charge is 2.16. The maximum Gasteiger partial charge on any atom is 0.308 e. The number of nitrogens with one attached hydrogen (secondary N) is 2. The van der Waals surface area contributed by atoms with Crippen LogP contribution in [0.4, 0.5) is 5.69 Å². The maximum absolute atomic E-state index is 12.8. The second-order valence-electron chi connectivity index (χ2n) is 10.6. The highest BCUT2D eigenvalue weighted by molar-refractivity contribution is 7.92. The number of aryl methyl sites for hydroxylation is 1. The van der Waals surface area contributed by atoms with Gasteiger partial charge in [0.15, 0.2) is 5.75 Å². The van der Waals surface area contributed by atoms with E-state index in [1.165, 1.54) is 19.1 Å². The summed E-state index contributed by atoms with van der Waals surface area (Å²) in [5, 5.41) is 13.8. The van der Waals surface area contributed by atoms with Crippen molar-refractivity contribution < 1.29 is 32.6 Å². The number of carbonyl (C=O) groups excluding carboxylic acids is 2. The summed E-state index contributed by atoms with van der Waals surface area (Å²) in [4.78, 5) is 25.9. The second-order valence-corrected chi connectivity index (χ2v) is 12.3. The number of esters is 1. The minimum absolute atomic E-state index is 0.0793. The molecular weight excluding hydrogens is 570 g/mol. The van der Waals surface area contributed by atoms with Crippen molar-refractivity contribution in [2.45, 2.75) is 71.8 Å². The third-order valence-corrected chi connectivity index (χ3v) is 7.54. The van der Waals surface area contributed by atoms with Crippen LogP contribution < -0.4 is 14.8 Å². The minimum atomic E-state index is -3.60. The normalized spacial score (nSPS) is 12.1. The van der Waals surface area contributed by atoms with Crippen LogP contribution in [0.3, 0.4) is 0 Å². The van der Waals surface area contributed by atoms with Crippen LogP contribution in [0.25, 0.3) is 0 Å². The molecule has 1 atom stereocenters. The SMILES string of the molecule is CCN(CC)C(=O)c1ccccc1CCCCOCCCCCCNCC(O)c1ccc(OC(C)=O)c(NS(C)(=O)=O)c1. The van der Waals surface area contributed by atoms with Crippen molar-refractivity contribution in [1.29, 1.82) is 0 Å². The lowest BCUT2D eigenvalue weighted by Crippen LogP contribution is -2.31. The molecule has 0 bridgehead atoms. The van der Waals surface area contributed by atoms with E-state index >= 15 is 0 Å². The van der Waals surface area contributed by atoms with Gasteiger partial charge in [-0.3, -0.25) is 14.3 Å². The number of aliphatic hydroxyl groups is 1. The predicted molar refractivity (Wildman–Crippen MR) is 170 cm³/mol. The van der Waals surface area contributed by atoms with Crippen molar-refractivity contribution in [3.63, 3.8) is 0 Å². The van der Waals surface area contributed by atoms with E-state index < -0.39 is 22.1 Å². The number of hydrogen-bond donors (Lipinski definition) is 3. The molecule has 0 aromatic heterocycles. The maximum atomic E-state index is 12.8. The van der Waals surface area contributed by atoms with E-state index in [1.54, 1.807) is 6.07 Å². The van der Waals surface area contributed by atoms with Crippen LogP contribution in [0.2, 0.25) is 0 Å². The second kappa shape index (κ2) is 19.3. The Bertz CT molecular complexity index is 1250. The van der Waals surface area contributed by atoms with Gasteiger partial charge in [0.1, 0.15) is 0 Å². The lowest BCUT2D eigenvalue weighted by atomic mass is 10.0. The Kier molecular flexibility index (Phi) is 16.3. The van der Waals surface area contributed by atoms with Gasteiger partial charge in [-0.1, -0.05) is 37.1 Å². The van der Waals surface area contributed by atoms with Crippen LogP contribution in [0.15, 0.2) is 42.5 Å². The Morgan fingerprint density at radius 1 is 0.953 bits per heavy atom. The fourth-order valence-electron chi connectivity index (χ4n) is 4.69. The molecule has 0 aliphatic heterocycles. The summed E-state index contributed by atoms with van der Waals surface area (Å²) in [5.41, 5.74) is 2.52. The number of hydrogen-bond acceptors (Lipinski definition) is 8. The molecule has 0 fully saturated rings. The molecule has 2 aromatic rings. The number of aliphatic hydroxyl groups excluding tert-OH is 1. The molecular formula is C32H49N3O7S. The monoisotopic (exact) mass is 619 g/mol. The van der Waals surface area contributed by atoms with E-state index in [4.69, 9.17) is 9.47 Å². The first-order chi connectivity index (χ1) is 20.6. The molecule has 3 N–H and O–H groups in total. The molecule has 1 amide bonds. The van der Waals surface area contributed by atoms with E-state index in [2.05, 4.69) is 10.0 Å². The highest BCUT2D eigenvalue weighted by Crippen LogP contribution is 2.29. The number of ether oxygens (including phenoxy) is 2. The van der Waals surface area contributed by atoms with Crippen LogP contribution in [-0.4, -0.2) is 75.9 Å². The number of nitrogens with zero attached hydrogens (tertiary/aromatic N) is 1. The lowest BCUT2D eigenvalue weighted by molar-refractivity contribution is -0.131. The van der Waals surface area contributed by atoms with Crippen molar-refractivity contribution >= 4 is 27.6 Å². The Balaban J connectivity index is 1.57. The molecule has 0 radical (unpaired) electrons. The third-order valence-electron chi connectivity index (χ3n) is 6.95. The zero-order valence-corrected chi connectivity index (χ0v) is 26.9. The van der Waals surface area contributed by atoms with E-state index in [0.29, 0.717) is 25.2 Å². The van der Waals surface area contributed by atoms with Crippen molar-refractivity contribution in [2.75, 3.05) is 50.4 Å². The fourth-order valence-corrected chi connectivity index (χ4v) is 5.25. The molecule has 2 rings (SSSR count). The topological polar surface area (TPSA) is 134 Å². The molecule has 2 aromatic carbocycles. The molecule has 0 saturated heterocycles. The summed E-state index contributed by atoms with van der Waals surface area (Å²) in [6.45, 7) is 9.16. The summed E-state index contributed by atoms with van der Waals surface area (Å²) in [6, 6.07) is 12.4. The molecule has 11 heteroatoms. The van der Waals surface area contributed by atoms with Crippen LogP contribution in [0.1, 0.15) is 86.9 Å². The van der Waals surface area contributed by atoms with E-state index in [0.717, 1.165) is 82.1 Å². The first-order valence-corrected chi connectivity index (χ1v) is 17.1. The molecule has 0 heterocycles. The van der Waals surface area contributed by atoms with Gasteiger partial charge >= 0.3 is 5.97 Å². The van der Waals surface area contributed by atoms with Gasteiger partial charge in [-0.15, -0.1) is 0 Å². The van der Waals surface area contributed by atoms with Gasteiger partial charge in [0.2, 0.25) is 10.0 Å². The molecule has 240 valence electrons. The number of sulfonamides is 1. The summed E-state index contributed by atoms with van der Waals surface area (Å²) in [6.07, 6.45) is 7.02. The predicted octanol–water partition coefficient (Wildman–Crippen LogP) is 4.69. The molecule has 0 spiro atoms. The molecule has 0 aliphatic rings. The van der Waals surface area contributed by atoms with Crippen molar-refractivity contribution in [1.82, 2.24) is 10.2 Å². The van der Waals surface area contributed by atoms with Crippen LogP contribution in [0, 0.1) is 0 Å². The molecule has 43 heavy (non-hydrogen) atoms. The molecule has 0 aliphatic carbocycles. The number of benzene rings is 2. The fraction of sp³-hybridized carbons (Fsp3) is 0.562. The van der Waals surface area contributed by atoms with Crippen LogP contribution >= 0.6 is 0 Å². The Hall–Kier alpha value is -2.99.